The number of halogens is 3. The molecule has 0 unspecified atom stereocenters. The molecule has 3 rings (SSSR count). The average Bonchev–Trinajstić information content (AvgIpc) is 2.71. The number of nitro groups is 1. The highest BCUT2D eigenvalue weighted by Gasteiger charge is 2.35. The molecule has 28 heavy (non-hydrogen) atoms. The first-order valence-electron chi connectivity index (χ1n) is 8.17. The zero-order chi connectivity index (χ0) is 20.1. The van der Waals surface area contributed by atoms with Crippen LogP contribution in [0.15, 0.2) is 60.7 Å². The number of hydrogen-bond acceptors (Lipinski definition) is 4. The molecular formula is C20H14F3NO4. The molecule has 0 aromatic heterocycles. The molecule has 0 saturated carbocycles. The maximum atomic E-state index is 14.8. The van der Waals surface area contributed by atoms with Gasteiger partial charge in [0.1, 0.15) is 13.2 Å². The fraction of sp³-hybridized carbons (Fsp3) is 0.100. The van der Waals surface area contributed by atoms with Gasteiger partial charge < -0.3 is 9.47 Å². The Hall–Kier alpha value is -3.55. The zero-order valence-electron chi connectivity index (χ0n) is 14.4. The van der Waals surface area contributed by atoms with Crippen molar-refractivity contribution in [3.63, 3.8) is 0 Å². The Morgan fingerprint density at radius 3 is 1.64 bits per heavy atom. The Balaban J connectivity index is 1.96. The van der Waals surface area contributed by atoms with Crippen molar-refractivity contribution in [2.75, 3.05) is 0 Å². The second kappa shape index (κ2) is 8.43. The molecule has 3 aromatic carbocycles. The monoisotopic (exact) mass is 389 g/mol. The first-order valence-corrected chi connectivity index (χ1v) is 8.17. The Bertz CT molecular complexity index is 982. The quantitative estimate of drug-likeness (QED) is 0.318. The van der Waals surface area contributed by atoms with Crippen molar-refractivity contribution in [1.82, 2.24) is 0 Å². The van der Waals surface area contributed by atoms with E-state index in [2.05, 4.69) is 0 Å². The highest BCUT2D eigenvalue weighted by atomic mass is 19.2. The van der Waals surface area contributed by atoms with E-state index >= 15 is 0 Å². The molecule has 0 heterocycles. The lowest BCUT2D eigenvalue weighted by molar-refractivity contribution is -0.389. The Labute approximate surface area is 158 Å². The Morgan fingerprint density at radius 1 is 0.714 bits per heavy atom. The maximum Gasteiger partial charge on any atom is 0.352 e. The minimum Gasteiger partial charge on any atom is -0.483 e. The molecule has 3 aromatic rings. The number of nitro benzene ring substituents is 1. The topological polar surface area (TPSA) is 61.6 Å². The maximum absolute atomic E-state index is 14.8. The predicted molar refractivity (Wildman–Crippen MR) is 94.5 cm³/mol. The highest BCUT2D eigenvalue weighted by molar-refractivity contribution is 5.54. The lowest BCUT2D eigenvalue weighted by Crippen LogP contribution is -2.09. The van der Waals surface area contributed by atoms with Crippen molar-refractivity contribution < 1.29 is 27.6 Å². The van der Waals surface area contributed by atoms with E-state index in [1.54, 1.807) is 60.7 Å². The summed E-state index contributed by atoms with van der Waals surface area (Å²) in [7, 11) is 0. The van der Waals surface area contributed by atoms with Crippen molar-refractivity contribution in [3.8, 4) is 11.5 Å². The molecule has 5 nitrogen and oxygen atoms in total. The van der Waals surface area contributed by atoms with Gasteiger partial charge in [-0.25, -0.2) is 0 Å². The molecule has 0 aliphatic rings. The average molecular weight is 389 g/mol. The van der Waals surface area contributed by atoms with Crippen LogP contribution in [-0.2, 0) is 13.2 Å². The fourth-order valence-electron chi connectivity index (χ4n) is 2.49. The third-order valence-corrected chi connectivity index (χ3v) is 3.85. The summed E-state index contributed by atoms with van der Waals surface area (Å²) in [5.74, 6) is -7.20. The summed E-state index contributed by atoms with van der Waals surface area (Å²) in [6.45, 7) is -0.536. The van der Waals surface area contributed by atoms with E-state index in [4.69, 9.17) is 9.47 Å². The smallest absolute Gasteiger partial charge is 0.352 e. The molecule has 0 N–H and O–H groups in total. The van der Waals surface area contributed by atoms with Gasteiger partial charge in [0.25, 0.3) is 0 Å². The molecule has 0 saturated heterocycles. The van der Waals surface area contributed by atoms with Gasteiger partial charge in [0.2, 0.25) is 23.2 Å². The van der Waals surface area contributed by atoms with Gasteiger partial charge in [-0.3, -0.25) is 10.1 Å². The summed E-state index contributed by atoms with van der Waals surface area (Å²) in [5, 5.41) is 11.2. The van der Waals surface area contributed by atoms with E-state index in [0.29, 0.717) is 11.1 Å². The van der Waals surface area contributed by atoms with Gasteiger partial charge in [-0.1, -0.05) is 60.7 Å². The summed E-state index contributed by atoms with van der Waals surface area (Å²) in [5.41, 5.74) is -0.280. The molecule has 0 spiro atoms. The van der Waals surface area contributed by atoms with Gasteiger partial charge in [-0.15, -0.1) is 0 Å². The molecular weight excluding hydrogens is 375 g/mol. The molecule has 0 bridgehead atoms. The number of hydrogen-bond donors (Lipinski definition) is 0. The summed E-state index contributed by atoms with van der Waals surface area (Å²) < 4.78 is 53.5. The van der Waals surface area contributed by atoms with E-state index in [1.165, 1.54) is 0 Å². The van der Waals surface area contributed by atoms with Crippen LogP contribution in [0.3, 0.4) is 0 Å². The summed E-state index contributed by atoms with van der Waals surface area (Å²) in [6, 6.07) is 16.8. The van der Waals surface area contributed by atoms with Gasteiger partial charge in [0.15, 0.2) is 5.75 Å². The van der Waals surface area contributed by atoms with Crippen molar-refractivity contribution >= 4 is 5.69 Å². The third kappa shape index (κ3) is 4.06. The van der Waals surface area contributed by atoms with E-state index < -0.39 is 39.6 Å². The van der Waals surface area contributed by atoms with Crippen molar-refractivity contribution in [2.45, 2.75) is 13.2 Å². The number of nitrogens with zero attached hydrogens (tertiary/aromatic N) is 1. The predicted octanol–water partition coefficient (Wildman–Crippen LogP) is 5.17. The van der Waals surface area contributed by atoms with Crippen LogP contribution in [0.2, 0.25) is 0 Å². The summed E-state index contributed by atoms with van der Waals surface area (Å²) in [4.78, 5) is 9.93. The second-order valence-corrected chi connectivity index (χ2v) is 5.75. The molecule has 0 atom stereocenters. The molecule has 0 amide bonds. The third-order valence-electron chi connectivity index (χ3n) is 3.85. The molecule has 8 heteroatoms. The van der Waals surface area contributed by atoms with Gasteiger partial charge in [0.05, 0.1) is 4.92 Å². The van der Waals surface area contributed by atoms with Crippen molar-refractivity contribution in [1.29, 1.82) is 0 Å². The minimum atomic E-state index is -1.85. The first-order chi connectivity index (χ1) is 13.5. The van der Waals surface area contributed by atoms with Crippen LogP contribution in [0.5, 0.6) is 11.5 Å². The van der Waals surface area contributed by atoms with Gasteiger partial charge in [-0.05, 0) is 11.1 Å². The summed E-state index contributed by atoms with van der Waals surface area (Å²) in [6.07, 6.45) is 0. The molecule has 0 aliphatic carbocycles. The first kappa shape index (κ1) is 19.2. The number of rotatable bonds is 7. The van der Waals surface area contributed by atoms with Crippen molar-refractivity contribution in [3.05, 3.63) is 99.4 Å². The largest absolute Gasteiger partial charge is 0.483 e. The zero-order valence-corrected chi connectivity index (χ0v) is 14.4. The van der Waals surface area contributed by atoms with E-state index in [1.807, 2.05) is 0 Å². The van der Waals surface area contributed by atoms with Crippen LogP contribution < -0.4 is 9.47 Å². The molecule has 0 radical (unpaired) electrons. The van der Waals surface area contributed by atoms with Crippen LogP contribution in [0.25, 0.3) is 0 Å². The lowest BCUT2D eigenvalue weighted by atomic mass is 10.2. The van der Waals surface area contributed by atoms with Crippen LogP contribution in [0.1, 0.15) is 11.1 Å². The fourth-order valence-corrected chi connectivity index (χ4v) is 2.49. The second-order valence-electron chi connectivity index (χ2n) is 5.75. The van der Waals surface area contributed by atoms with Crippen molar-refractivity contribution in [2.24, 2.45) is 0 Å². The van der Waals surface area contributed by atoms with E-state index in [0.717, 1.165) is 0 Å². The van der Waals surface area contributed by atoms with Crippen LogP contribution in [0, 0.1) is 27.6 Å². The summed E-state index contributed by atoms with van der Waals surface area (Å²) >= 11 is 0. The Morgan fingerprint density at radius 2 is 1.18 bits per heavy atom. The van der Waals surface area contributed by atoms with Gasteiger partial charge in [0, 0.05) is 0 Å². The normalized spacial score (nSPS) is 10.5. The highest BCUT2D eigenvalue weighted by Crippen LogP contribution is 2.41. The molecule has 144 valence electrons. The van der Waals surface area contributed by atoms with E-state index in [-0.39, 0.29) is 13.2 Å². The SMILES string of the molecule is O=[N+]([O-])c1c(F)c(F)c(OCc2ccccc2)c(F)c1OCc1ccccc1. The number of benzene rings is 3. The Kier molecular flexibility index (Phi) is 5.78. The number of ether oxygens (including phenoxy) is 2. The van der Waals surface area contributed by atoms with Gasteiger partial charge >= 0.3 is 5.69 Å². The van der Waals surface area contributed by atoms with Crippen LogP contribution >= 0.6 is 0 Å². The van der Waals surface area contributed by atoms with E-state index in [9.17, 15) is 23.3 Å². The minimum absolute atomic E-state index is 0.260. The van der Waals surface area contributed by atoms with Gasteiger partial charge in [-0.2, -0.15) is 13.2 Å². The lowest BCUT2D eigenvalue weighted by Gasteiger charge is -2.14. The molecule has 0 aliphatic heterocycles. The standard InChI is InChI=1S/C20H14F3NO4/c21-15-16(22)19(27-11-13-7-3-1-4-8-13)17(23)20(18(15)24(25)26)28-12-14-9-5-2-6-10-14/h1-10H,11-12H2. The van der Waals surface area contributed by atoms with Crippen LogP contribution in [0.4, 0.5) is 18.9 Å². The van der Waals surface area contributed by atoms with Crippen LogP contribution in [-0.4, -0.2) is 4.92 Å². The molecule has 0 fully saturated rings.